The van der Waals surface area contributed by atoms with Crippen LogP contribution in [0.1, 0.15) is 32.1 Å². The lowest BCUT2D eigenvalue weighted by molar-refractivity contribution is -0.114. The van der Waals surface area contributed by atoms with E-state index in [0.29, 0.717) is 0 Å². The summed E-state index contributed by atoms with van der Waals surface area (Å²) in [5.41, 5.74) is 3.52. The van der Waals surface area contributed by atoms with E-state index in [1.807, 2.05) is 35.2 Å². The number of rotatable bonds is 1. The van der Waals surface area contributed by atoms with Gasteiger partial charge in [0.25, 0.3) is 5.91 Å². The summed E-state index contributed by atoms with van der Waals surface area (Å²) in [5.74, 6) is 0.244. The van der Waals surface area contributed by atoms with E-state index in [1.165, 1.54) is 24.8 Å². The Bertz CT molecular complexity index is 461. The normalized spacial score (nSPS) is 20.5. The molecule has 0 fully saturated rings. The van der Waals surface area contributed by atoms with E-state index >= 15 is 0 Å². The van der Waals surface area contributed by atoms with Crippen LogP contribution in [-0.4, -0.2) is 12.5 Å². The number of para-hydroxylation sites is 1. The van der Waals surface area contributed by atoms with E-state index in [0.717, 1.165) is 30.6 Å². The maximum atomic E-state index is 12.4. The highest BCUT2D eigenvalue weighted by atomic mass is 16.2. The average Bonchev–Trinajstić information content (AvgIpc) is 2.56. The Morgan fingerprint density at radius 2 is 1.71 bits per heavy atom. The topological polar surface area (TPSA) is 20.3 Å². The minimum atomic E-state index is 0.244. The van der Waals surface area contributed by atoms with Crippen LogP contribution in [0.15, 0.2) is 41.5 Å². The van der Waals surface area contributed by atoms with Gasteiger partial charge in [-0.2, -0.15) is 0 Å². The number of carbonyl (C=O) groups excluding carboxylic acids is 1. The van der Waals surface area contributed by atoms with Crippen LogP contribution in [0, 0.1) is 0 Å². The highest BCUT2D eigenvalue weighted by Crippen LogP contribution is 2.33. The third kappa shape index (κ3) is 1.88. The minimum absolute atomic E-state index is 0.244. The molecule has 1 aliphatic carbocycles. The second kappa shape index (κ2) is 4.36. The first-order valence-corrected chi connectivity index (χ1v) is 6.44. The lowest BCUT2D eigenvalue weighted by Crippen LogP contribution is -2.26. The maximum absolute atomic E-state index is 12.4. The van der Waals surface area contributed by atoms with Gasteiger partial charge in [-0.15, -0.1) is 0 Å². The van der Waals surface area contributed by atoms with Crippen molar-refractivity contribution in [3.8, 4) is 0 Å². The molecule has 0 atom stereocenters. The smallest absolute Gasteiger partial charge is 0.254 e. The van der Waals surface area contributed by atoms with E-state index in [2.05, 4.69) is 0 Å². The molecule has 0 saturated heterocycles. The molecule has 0 spiro atoms. The molecule has 0 unspecified atom stereocenters. The van der Waals surface area contributed by atoms with E-state index in [4.69, 9.17) is 0 Å². The standard InChI is InChI=1S/C15H17NO/c17-15-14-10-6-1-3-7-12(14)11-16(15)13-8-4-2-5-9-13/h2,4-5,8-9H,1,3,6-7,10-11H2. The molecule has 1 aromatic rings. The van der Waals surface area contributed by atoms with Crippen LogP contribution in [0.25, 0.3) is 0 Å². The molecule has 1 amide bonds. The Labute approximate surface area is 102 Å². The summed E-state index contributed by atoms with van der Waals surface area (Å²) >= 11 is 0. The van der Waals surface area contributed by atoms with Gasteiger partial charge < -0.3 is 4.90 Å². The molecule has 0 N–H and O–H groups in total. The molecule has 2 nitrogen and oxygen atoms in total. The molecule has 0 radical (unpaired) electrons. The van der Waals surface area contributed by atoms with Crippen LogP contribution in [0.2, 0.25) is 0 Å². The second-order valence-corrected chi connectivity index (χ2v) is 4.87. The molecule has 2 heteroatoms. The molecule has 0 saturated carbocycles. The van der Waals surface area contributed by atoms with Gasteiger partial charge in [0.05, 0.1) is 0 Å². The van der Waals surface area contributed by atoms with Crippen LogP contribution in [0.4, 0.5) is 5.69 Å². The molecular formula is C15H17NO. The molecule has 0 bridgehead atoms. The Balaban J connectivity index is 1.87. The average molecular weight is 227 g/mol. The molecule has 3 rings (SSSR count). The molecule has 2 aliphatic rings. The Kier molecular flexibility index (Phi) is 2.71. The largest absolute Gasteiger partial charge is 0.305 e. The Morgan fingerprint density at radius 1 is 0.941 bits per heavy atom. The SMILES string of the molecule is O=C1C2=C(CCCCC2)CN1c1ccccc1. The van der Waals surface area contributed by atoms with Crippen LogP contribution in [0.3, 0.4) is 0 Å². The maximum Gasteiger partial charge on any atom is 0.254 e. The highest BCUT2D eigenvalue weighted by Gasteiger charge is 2.31. The monoisotopic (exact) mass is 227 g/mol. The number of hydrogen-bond donors (Lipinski definition) is 0. The van der Waals surface area contributed by atoms with Crippen molar-refractivity contribution in [3.05, 3.63) is 41.5 Å². The molecule has 1 aromatic carbocycles. The molecule has 17 heavy (non-hydrogen) atoms. The van der Waals surface area contributed by atoms with Gasteiger partial charge in [-0.05, 0) is 43.4 Å². The van der Waals surface area contributed by atoms with Crippen LogP contribution in [0.5, 0.6) is 0 Å². The van der Waals surface area contributed by atoms with Crippen LogP contribution >= 0.6 is 0 Å². The number of anilines is 1. The molecule has 1 heterocycles. The summed E-state index contributed by atoms with van der Waals surface area (Å²) in [6.07, 6.45) is 5.79. The zero-order valence-corrected chi connectivity index (χ0v) is 9.98. The summed E-state index contributed by atoms with van der Waals surface area (Å²) in [6, 6.07) is 10.0. The zero-order chi connectivity index (χ0) is 11.7. The zero-order valence-electron chi connectivity index (χ0n) is 9.98. The van der Waals surface area contributed by atoms with Gasteiger partial charge in [-0.3, -0.25) is 4.79 Å². The summed E-state index contributed by atoms with van der Waals surface area (Å²) in [6.45, 7) is 0.818. The highest BCUT2D eigenvalue weighted by molar-refractivity contribution is 6.09. The van der Waals surface area contributed by atoms with E-state index in [1.54, 1.807) is 0 Å². The molecule has 0 aromatic heterocycles. The predicted octanol–water partition coefficient (Wildman–Crippen LogP) is 3.29. The van der Waals surface area contributed by atoms with Crippen molar-refractivity contribution in [1.82, 2.24) is 0 Å². The first-order valence-electron chi connectivity index (χ1n) is 6.44. The van der Waals surface area contributed by atoms with Gasteiger partial charge in [0.15, 0.2) is 0 Å². The first kappa shape index (κ1) is 10.6. The number of hydrogen-bond acceptors (Lipinski definition) is 1. The number of amides is 1. The fourth-order valence-electron chi connectivity index (χ4n) is 2.82. The van der Waals surface area contributed by atoms with Crippen molar-refractivity contribution in [1.29, 1.82) is 0 Å². The number of nitrogens with zero attached hydrogens (tertiary/aromatic N) is 1. The third-order valence-corrected chi connectivity index (χ3v) is 3.75. The Morgan fingerprint density at radius 3 is 2.53 bits per heavy atom. The van der Waals surface area contributed by atoms with Crippen LogP contribution in [-0.2, 0) is 4.79 Å². The fourth-order valence-corrected chi connectivity index (χ4v) is 2.82. The third-order valence-electron chi connectivity index (χ3n) is 3.75. The first-order chi connectivity index (χ1) is 8.36. The van der Waals surface area contributed by atoms with Crippen LogP contribution < -0.4 is 4.90 Å². The lowest BCUT2D eigenvalue weighted by Gasteiger charge is -2.17. The van der Waals surface area contributed by atoms with Crippen molar-refractivity contribution >= 4 is 11.6 Å². The lowest BCUT2D eigenvalue weighted by atomic mass is 10.1. The van der Waals surface area contributed by atoms with Gasteiger partial charge in [-0.1, -0.05) is 24.6 Å². The molecule has 88 valence electrons. The molecular weight excluding hydrogens is 210 g/mol. The van der Waals surface area contributed by atoms with Crippen molar-refractivity contribution in [2.75, 3.05) is 11.4 Å². The van der Waals surface area contributed by atoms with Gasteiger partial charge in [0, 0.05) is 17.8 Å². The second-order valence-electron chi connectivity index (χ2n) is 4.87. The predicted molar refractivity (Wildman–Crippen MR) is 68.9 cm³/mol. The summed E-state index contributed by atoms with van der Waals surface area (Å²) < 4.78 is 0. The van der Waals surface area contributed by atoms with Gasteiger partial charge >= 0.3 is 0 Å². The van der Waals surface area contributed by atoms with Crippen molar-refractivity contribution in [3.63, 3.8) is 0 Å². The Hall–Kier alpha value is -1.57. The van der Waals surface area contributed by atoms with Crippen molar-refractivity contribution < 1.29 is 4.79 Å². The quantitative estimate of drug-likeness (QED) is 0.721. The van der Waals surface area contributed by atoms with Gasteiger partial charge in [-0.25, -0.2) is 0 Å². The number of carbonyl (C=O) groups is 1. The summed E-state index contributed by atoms with van der Waals surface area (Å²) in [7, 11) is 0. The number of benzene rings is 1. The van der Waals surface area contributed by atoms with Crippen molar-refractivity contribution in [2.45, 2.75) is 32.1 Å². The van der Waals surface area contributed by atoms with E-state index < -0.39 is 0 Å². The van der Waals surface area contributed by atoms with Gasteiger partial charge in [0.1, 0.15) is 0 Å². The minimum Gasteiger partial charge on any atom is -0.305 e. The summed E-state index contributed by atoms with van der Waals surface area (Å²) in [5, 5.41) is 0. The van der Waals surface area contributed by atoms with E-state index in [9.17, 15) is 4.79 Å². The van der Waals surface area contributed by atoms with Gasteiger partial charge in [0.2, 0.25) is 0 Å². The summed E-state index contributed by atoms with van der Waals surface area (Å²) in [4.78, 5) is 14.3. The van der Waals surface area contributed by atoms with E-state index in [-0.39, 0.29) is 5.91 Å². The molecule has 1 aliphatic heterocycles. The fraction of sp³-hybridized carbons (Fsp3) is 0.400. The van der Waals surface area contributed by atoms with Crippen molar-refractivity contribution in [2.24, 2.45) is 0 Å².